The fourth-order valence-corrected chi connectivity index (χ4v) is 3.58. The van der Waals surface area contributed by atoms with Crippen molar-refractivity contribution in [2.75, 3.05) is 0 Å². The van der Waals surface area contributed by atoms with Crippen LogP contribution in [-0.2, 0) is 10.0 Å². The number of hydrogen-bond acceptors (Lipinski definition) is 5. The van der Waals surface area contributed by atoms with E-state index in [9.17, 15) is 18.0 Å². The van der Waals surface area contributed by atoms with Crippen LogP contribution >= 0.6 is 0 Å². The van der Waals surface area contributed by atoms with Gasteiger partial charge < -0.3 is 4.74 Å². The van der Waals surface area contributed by atoms with Crippen LogP contribution in [0.15, 0.2) is 53.4 Å². The van der Waals surface area contributed by atoms with Crippen molar-refractivity contribution in [2.45, 2.75) is 11.8 Å². The van der Waals surface area contributed by atoms with E-state index in [1.807, 2.05) is 0 Å². The van der Waals surface area contributed by atoms with Gasteiger partial charge in [-0.25, -0.2) is 13.2 Å². The number of rotatable bonds is 1. The second kappa shape index (κ2) is 4.96. The fraction of sp³-hybridized carbons (Fsp3) is 0.0667. The lowest BCUT2D eigenvalue weighted by Gasteiger charge is -2.12. The lowest BCUT2D eigenvalue weighted by molar-refractivity contribution is 0.0866. The molecule has 6 nitrogen and oxygen atoms in total. The van der Waals surface area contributed by atoms with E-state index in [0.29, 0.717) is 0 Å². The van der Waals surface area contributed by atoms with Crippen LogP contribution in [0.4, 0.5) is 4.79 Å². The van der Waals surface area contributed by atoms with Crippen molar-refractivity contribution < 1.29 is 22.7 Å². The number of amides is 2. The molecule has 0 N–H and O–H groups in total. The number of nitrogens with zero attached hydrogens (tertiary/aromatic N) is 1. The third kappa shape index (κ3) is 2.15. The summed E-state index contributed by atoms with van der Waals surface area (Å²) in [5, 5.41) is 0. The van der Waals surface area contributed by atoms with E-state index < -0.39 is 22.0 Å². The molecule has 2 amide bonds. The number of benzene rings is 2. The molecule has 0 spiro atoms. The summed E-state index contributed by atoms with van der Waals surface area (Å²) in [6.45, 7) is 1.73. The van der Waals surface area contributed by atoms with Gasteiger partial charge in [0.05, 0.1) is 5.56 Å². The lowest BCUT2D eigenvalue weighted by atomic mass is 10.1. The third-order valence-electron chi connectivity index (χ3n) is 3.18. The van der Waals surface area contributed by atoms with Gasteiger partial charge in [-0.3, -0.25) is 4.79 Å². The highest BCUT2D eigenvalue weighted by atomic mass is 32.2. The summed E-state index contributed by atoms with van der Waals surface area (Å²) in [6.07, 6.45) is -1.25. The lowest BCUT2D eigenvalue weighted by Crippen LogP contribution is -2.38. The Morgan fingerprint density at radius 1 is 1.09 bits per heavy atom. The molecule has 7 heteroatoms. The summed E-state index contributed by atoms with van der Waals surface area (Å²) in [7, 11) is -4.22. The van der Waals surface area contributed by atoms with Crippen LogP contribution in [0.2, 0.25) is 0 Å². The van der Waals surface area contributed by atoms with Crippen molar-refractivity contribution in [1.82, 2.24) is 4.31 Å². The van der Waals surface area contributed by atoms with E-state index >= 15 is 0 Å². The Kier molecular flexibility index (Phi) is 3.22. The van der Waals surface area contributed by atoms with Crippen molar-refractivity contribution in [3.63, 3.8) is 0 Å². The second-order valence-electron chi connectivity index (χ2n) is 4.76. The number of fused-ring (bicyclic) bond motifs is 1. The number of hydrogen-bond donors (Lipinski definition) is 0. The average molecular weight is 317 g/mol. The zero-order chi connectivity index (χ0) is 15.9. The number of aryl methyl sites for hydroxylation is 1. The molecule has 0 aliphatic carbocycles. The highest BCUT2D eigenvalue weighted by Crippen LogP contribution is 2.31. The van der Waals surface area contributed by atoms with Crippen LogP contribution < -0.4 is 4.74 Å². The minimum atomic E-state index is -4.22. The Morgan fingerprint density at radius 2 is 1.77 bits per heavy atom. The number of ether oxygens (including phenoxy) is 1. The molecule has 0 saturated carbocycles. The number of imide groups is 1. The van der Waals surface area contributed by atoms with Gasteiger partial charge in [0.25, 0.3) is 15.9 Å². The summed E-state index contributed by atoms with van der Waals surface area (Å²) < 4.78 is 29.8. The SMILES string of the molecule is Cc1ccc2c(c1)C(=O)N(C(=O)Oc1ccccc1)S2(=O)=O. The van der Waals surface area contributed by atoms with E-state index in [1.165, 1.54) is 24.3 Å². The molecule has 0 saturated heterocycles. The van der Waals surface area contributed by atoms with E-state index in [4.69, 9.17) is 4.74 Å². The van der Waals surface area contributed by atoms with Crippen molar-refractivity contribution >= 4 is 22.0 Å². The molecular weight excluding hydrogens is 306 g/mol. The standard InChI is InChI=1S/C15H11NO5S/c1-10-7-8-13-12(9-10)14(17)16(22(13,19)20)15(18)21-11-5-3-2-4-6-11/h2-9H,1H3. The fourth-order valence-electron chi connectivity index (χ4n) is 2.16. The smallest absolute Gasteiger partial charge is 0.409 e. The topological polar surface area (TPSA) is 80.8 Å². The van der Waals surface area contributed by atoms with Crippen molar-refractivity contribution in [1.29, 1.82) is 0 Å². The number of carbonyl (C=O) groups excluding carboxylic acids is 2. The summed E-state index contributed by atoms with van der Waals surface area (Å²) in [6, 6.07) is 12.3. The van der Waals surface area contributed by atoms with Crippen molar-refractivity contribution in [2.24, 2.45) is 0 Å². The first kappa shape index (κ1) is 14.3. The molecule has 2 aromatic carbocycles. The van der Waals surface area contributed by atoms with Gasteiger partial charge in [0.15, 0.2) is 0 Å². The Bertz CT molecular complexity index is 874. The first-order valence-electron chi connectivity index (χ1n) is 6.38. The quantitative estimate of drug-likeness (QED) is 0.806. The van der Waals surface area contributed by atoms with Crippen molar-refractivity contribution in [3.8, 4) is 5.75 Å². The summed E-state index contributed by atoms with van der Waals surface area (Å²) >= 11 is 0. The molecule has 0 radical (unpaired) electrons. The van der Waals surface area contributed by atoms with Crippen LogP contribution in [0.5, 0.6) is 5.75 Å². The van der Waals surface area contributed by atoms with E-state index in [2.05, 4.69) is 0 Å². The van der Waals surface area contributed by atoms with Gasteiger partial charge in [-0.1, -0.05) is 29.8 Å². The predicted octanol–water partition coefficient (Wildman–Crippen LogP) is 2.34. The number of carbonyl (C=O) groups is 2. The molecular formula is C15H11NO5S. The molecule has 1 aliphatic rings. The van der Waals surface area contributed by atoms with Crippen LogP contribution in [-0.4, -0.2) is 24.7 Å². The van der Waals surface area contributed by atoms with Crippen LogP contribution in [0.25, 0.3) is 0 Å². The monoisotopic (exact) mass is 317 g/mol. The van der Waals surface area contributed by atoms with E-state index in [-0.39, 0.29) is 20.5 Å². The van der Waals surface area contributed by atoms with Gasteiger partial charge in [-0.05, 0) is 31.2 Å². The maximum atomic E-state index is 12.3. The molecule has 1 aliphatic heterocycles. The van der Waals surface area contributed by atoms with Crippen molar-refractivity contribution in [3.05, 3.63) is 59.7 Å². The van der Waals surface area contributed by atoms with Crippen LogP contribution in [0.3, 0.4) is 0 Å². The van der Waals surface area contributed by atoms with Crippen LogP contribution in [0.1, 0.15) is 15.9 Å². The molecule has 0 fully saturated rings. The molecule has 0 aromatic heterocycles. The molecule has 112 valence electrons. The summed E-state index contributed by atoms with van der Waals surface area (Å²) in [5.74, 6) is -0.748. The molecule has 0 atom stereocenters. The summed E-state index contributed by atoms with van der Waals surface area (Å²) in [5.41, 5.74) is 0.700. The van der Waals surface area contributed by atoms with Gasteiger partial charge in [0.1, 0.15) is 10.6 Å². The first-order valence-corrected chi connectivity index (χ1v) is 7.82. The Balaban J connectivity index is 1.99. The maximum absolute atomic E-state index is 12.3. The number of sulfonamides is 1. The van der Waals surface area contributed by atoms with Gasteiger partial charge in [-0.2, -0.15) is 0 Å². The number of para-hydroxylation sites is 1. The van der Waals surface area contributed by atoms with E-state index in [0.717, 1.165) is 5.56 Å². The van der Waals surface area contributed by atoms with Gasteiger partial charge >= 0.3 is 6.09 Å². The highest BCUT2D eigenvalue weighted by molar-refractivity contribution is 7.90. The molecule has 0 bridgehead atoms. The van der Waals surface area contributed by atoms with Gasteiger partial charge in [0, 0.05) is 0 Å². The summed E-state index contributed by atoms with van der Waals surface area (Å²) in [4.78, 5) is 24.2. The predicted molar refractivity (Wildman–Crippen MR) is 77.0 cm³/mol. The normalized spacial score (nSPS) is 15.5. The van der Waals surface area contributed by atoms with Crippen LogP contribution in [0, 0.1) is 6.92 Å². The largest absolute Gasteiger partial charge is 0.436 e. The maximum Gasteiger partial charge on any atom is 0.436 e. The Morgan fingerprint density at radius 3 is 2.45 bits per heavy atom. The molecule has 22 heavy (non-hydrogen) atoms. The minimum absolute atomic E-state index is 0.0231. The van der Waals surface area contributed by atoms with Gasteiger partial charge in [0.2, 0.25) is 0 Å². The Hall–Kier alpha value is -2.67. The zero-order valence-electron chi connectivity index (χ0n) is 11.5. The van der Waals surface area contributed by atoms with Gasteiger partial charge in [-0.15, -0.1) is 4.31 Å². The second-order valence-corrected chi connectivity index (χ2v) is 6.51. The third-order valence-corrected chi connectivity index (χ3v) is 4.89. The molecule has 1 heterocycles. The Labute approximate surface area is 127 Å². The molecule has 2 aromatic rings. The molecule has 0 unspecified atom stereocenters. The average Bonchev–Trinajstić information content (AvgIpc) is 2.66. The first-order chi connectivity index (χ1) is 10.4. The highest BCUT2D eigenvalue weighted by Gasteiger charge is 2.46. The minimum Gasteiger partial charge on any atom is -0.409 e. The molecule has 3 rings (SSSR count). The zero-order valence-corrected chi connectivity index (χ0v) is 12.3. The van der Waals surface area contributed by atoms with E-state index in [1.54, 1.807) is 31.2 Å².